The van der Waals surface area contributed by atoms with Gasteiger partial charge in [-0.15, -0.1) is 0 Å². The maximum Gasteiger partial charge on any atom is 0.319 e. The highest BCUT2D eigenvalue weighted by Gasteiger charge is 2.56. The van der Waals surface area contributed by atoms with Crippen molar-refractivity contribution in [1.29, 1.82) is 0 Å². The topological polar surface area (TPSA) is 138 Å². The summed E-state index contributed by atoms with van der Waals surface area (Å²) in [6, 6.07) is 0. The molecule has 33 heavy (non-hydrogen) atoms. The number of aromatic nitrogens is 4. The summed E-state index contributed by atoms with van der Waals surface area (Å²) in [5.41, 5.74) is 5.65. The van der Waals surface area contributed by atoms with E-state index < -0.39 is 43.5 Å². The molecule has 15 heteroatoms. The van der Waals surface area contributed by atoms with Crippen LogP contribution in [0.25, 0.3) is 11.2 Å². The molecule has 2 aliphatic heterocycles. The first kappa shape index (κ1) is 25.8. The Kier molecular flexibility index (Phi) is 7.25. The van der Waals surface area contributed by atoms with Gasteiger partial charge in [-0.05, 0) is 18.1 Å². The Balaban J connectivity index is 1.64. The lowest BCUT2D eigenvalue weighted by molar-refractivity contribution is -0.0483. The molecule has 4 atom stereocenters. The zero-order valence-electron chi connectivity index (χ0n) is 19.2. The van der Waals surface area contributed by atoms with Crippen molar-refractivity contribution in [2.24, 2.45) is 0 Å². The number of hydrogen-bond donors (Lipinski definition) is 4. The van der Waals surface area contributed by atoms with Crippen LogP contribution < -0.4 is 11.3 Å². The van der Waals surface area contributed by atoms with E-state index in [9.17, 15) is 9.90 Å². The number of thiol groups is 1. The average molecular weight is 553 g/mol. The summed E-state index contributed by atoms with van der Waals surface area (Å²) in [7, 11) is -2.06. The third kappa shape index (κ3) is 5.14. The van der Waals surface area contributed by atoms with Crippen LogP contribution in [0, 0.1) is 0 Å². The van der Waals surface area contributed by atoms with Crippen LogP contribution in [-0.2, 0) is 13.7 Å². The minimum atomic E-state index is -2.08. The molecular weight excluding hydrogens is 521 g/mol. The van der Waals surface area contributed by atoms with Crippen molar-refractivity contribution in [2.75, 3.05) is 23.8 Å². The minimum Gasteiger partial charge on any atom is -0.414 e. The van der Waals surface area contributed by atoms with Gasteiger partial charge in [-0.25, -0.2) is 4.98 Å². The van der Waals surface area contributed by atoms with Gasteiger partial charge < -0.3 is 20.0 Å². The van der Waals surface area contributed by atoms with Gasteiger partial charge in [-0.2, -0.15) is 9.51 Å². The number of H-pyrrole nitrogens is 1. The summed E-state index contributed by atoms with van der Waals surface area (Å²) in [4.78, 5) is 23.0. The molecule has 2 aliphatic rings. The molecule has 0 aliphatic carbocycles. The first-order valence-electron chi connectivity index (χ1n) is 10.6. The number of fused-ring (bicyclic) bond motifs is 1. The molecule has 2 fully saturated rings. The Morgan fingerprint density at radius 2 is 2.09 bits per heavy atom. The van der Waals surface area contributed by atoms with Crippen LogP contribution in [0.3, 0.4) is 0 Å². The molecule has 4 N–H and O–H groups in total. The Morgan fingerprint density at radius 3 is 2.73 bits per heavy atom. The standard InChI is InChI=1S/C18H30N5O5PS3Si/c1-18(2,3)33(4,5)26-8-10-13(28-29(30)31-6-7-32-29)12(24)16(27-10)23-9-20-11-14(23)21-17(19)22-15(11)25/h9-10,12-13,16,24,30H,6-8H2,1-5H3,(H2-,19,21,22,25)/p+1/t10-,12-,13-,16-/m1/s1. The molecule has 4 rings (SSSR count). The molecule has 0 spiro atoms. The zero-order chi connectivity index (χ0) is 24.2. The van der Waals surface area contributed by atoms with E-state index in [1.807, 2.05) is 0 Å². The molecule has 184 valence electrons. The van der Waals surface area contributed by atoms with Gasteiger partial charge in [0, 0.05) is 11.5 Å². The van der Waals surface area contributed by atoms with E-state index in [1.54, 1.807) is 22.8 Å². The van der Waals surface area contributed by atoms with Crippen molar-refractivity contribution in [3.63, 3.8) is 0 Å². The third-order valence-corrected chi connectivity index (χ3v) is 20.8. The number of nitrogens with one attached hydrogen (secondary N) is 1. The number of anilines is 1. The molecule has 2 saturated heterocycles. The second kappa shape index (κ2) is 9.29. The van der Waals surface area contributed by atoms with Crippen molar-refractivity contribution >= 4 is 65.5 Å². The molecule has 2 aromatic rings. The number of aromatic amines is 1. The quantitative estimate of drug-likeness (QED) is 0.239. The number of nitrogens with two attached hydrogens (primary N) is 1. The van der Waals surface area contributed by atoms with E-state index >= 15 is 0 Å². The predicted octanol–water partition coefficient (Wildman–Crippen LogP) is 3.45. The van der Waals surface area contributed by atoms with Crippen molar-refractivity contribution in [2.45, 2.75) is 63.4 Å². The van der Waals surface area contributed by atoms with E-state index in [4.69, 9.17) is 31.7 Å². The number of aliphatic hydroxyl groups excluding tert-OH is 1. The number of ether oxygens (including phenoxy) is 1. The molecule has 10 nitrogen and oxygen atoms in total. The second-order valence-electron chi connectivity index (χ2n) is 9.61. The monoisotopic (exact) mass is 552 g/mol. The van der Waals surface area contributed by atoms with Gasteiger partial charge in [0.2, 0.25) is 5.95 Å². The van der Waals surface area contributed by atoms with E-state index in [0.717, 1.165) is 11.5 Å². The Hall–Kier alpha value is -0.313. The predicted molar refractivity (Wildman–Crippen MR) is 141 cm³/mol. The molecule has 2 aromatic heterocycles. The summed E-state index contributed by atoms with van der Waals surface area (Å²) >= 11 is 8.21. The third-order valence-electron chi connectivity index (χ3n) is 6.30. The lowest BCUT2D eigenvalue weighted by Gasteiger charge is -2.37. The van der Waals surface area contributed by atoms with Gasteiger partial charge in [0.05, 0.1) is 47.9 Å². The van der Waals surface area contributed by atoms with Crippen LogP contribution >= 0.6 is 40.1 Å². The van der Waals surface area contributed by atoms with Gasteiger partial charge in [-0.1, -0.05) is 20.8 Å². The van der Waals surface area contributed by atoms with Crippen LogP contribution in [-0.4, -0.2) is 69.4 Å². The molecular formula is C18H31N5O5PS3Si+. The largest absolute Gasteiger partial charge is 0.414 e. The highest BCUT2D eigenvalue weighted by atomic mass is 33.4. The van der Waals surface area contributed by atoms with Gasteiger partial charge in [0.1, 0.15) is 12.2 Å². The van der Waals surface area contributed by atoms with E-state index in [2.05, 4.69) is 48.8 Å². The zero-order valence-corrected chi connectivity index (χ0v) is 23.6. The van der Waals surface area contributed by atoms with Crippen LogP contribution in [0.4, 0.5) is 5.95 Å². The molecule has 0 unspecified atom stereocenters. The van der Waals surface area contributed by atoms with Crippen molar-refractivity contribution in [3.05, 3.63) is 16.7 Å². The fourth-order valence-corrected chi connectivity index (χ4v) is 14.0. The average Bonchev–Trinajstić information content (AvgIpc) is 3.39. The molecule has 0 aromatic carbocycles. The number of hydrogen-bond acceptors (Lipinski definition) is 11. The van der Waals surface area contributed by atoms with E-state index in [0.29, 0.717) is 0 Å². The van der Waals surface area contributed by atoms with Crippen LogP contribution in [0.15, 0.2) is 11.1 Å². The Labute approximate surface area is 207 Å². The summed E-state index contributed by atoms with van der Waals surface area (Å²) in [6.07, 6.45) is -1.65. The van der Waals surface area contributed by atoms with Crippen molar-refractivity contribution < 1.29 is 18.8 Å². The maximum absolute atomic E-state index is 12.2. The van der Waals surface area contributed by atoms with Gasteiger partial charge in [0.25, 0.3) is 5.56 Å². The Bertz CT molecular complexity index is 1070. The normalized spacial score (nSPS) is 28.1. The van der Waals surface area contributed by atoms with Gasteiger partial charge >= 0.3 is 5.10 Å². The van der Waals surface area contributed by atoms with Crippen LogP contribution in [0.2, 0.25) is 18.1 Å². The highest BCUT2D eigenvalue weighted by molar-refractivity contribution is 9.15. The first-order chi connectivity index (χ1) is 15.3. The number of imidazole rings is 1. The van der Waals surface area contributed by atoms with E-state index in [1.165, 1.54) is 10.9 Å². The molecule has 4 heterocycles. The maximum atomic E-state index is 12.2. The molecule has 0 amide bonds. The highest BCUT2D eigenvalue weighted by Crippen LogP contribution is 2.87. The molecule has 0 bridgehead atoms. The molecule has 0 radical (unpaired) electrons. The smallest absolute Gasteiger partial charge is 0.319 e. The van der Waals surface area contributed by atoms with Crippen molar-refractivity contribution in [3.8, 4) is 0 Å². The lowest BCUT2D eigenvalue weighted by Crippen LogP contribution is -2.45. The van der Waals surface area contributed by atoms with Crippen molar-refractivity contribution in [1.82, 2.24) is 19.5 Å². The SMILES string of the molecule is CC(C)(C)[Si](C)(C)OC[C@H]1O[C@@H](n2cnc3c(=O)[nH]c(N)nc32)[C@H](O)[C@@H]1O[P+]1(S)SCCS1. The lowest BCUT2D eigenvalue weighted by atomic mass is 10.1. The number of nitrogens with zero attached hydrogens (tertiary/aromatic N) is 3. The summed E-state index contributed by atoms with van der Waals surface area (Å²) in [5.74, 6) is 1.88. The van der Waals surface area contributed by atoms with Crippen LogP contribution in [0.1, 0.15) is 27.0 Å². The fraction of sp³-hybridized carbons (Fsp3) is 0.722. The van der Waals surface area contributed by atoms with Crippen LogP contribution in [0.5, 0.6) is 0 Å². The summed E-state index contributed by atoms with van der Waals surface area (Å²) in [6.45, 7) is 11.1. The number of nitrogen functional groups attached to an aromatic ring is 1. The number of aliphatic hydroxyl groups is 1. The van der Waals surface area contributed by atoms with E-state index in [-0.39, 0.29) is 28.8 Å². The second-order valence-corrected chi connectivity index (χ2v) is 25.5. The minimum absolute atomic E-state index is 0.0257. The summed E-state index contributed by atoms with van der Waals surface area (Å²) < 4.78 is 20.7. The van der Waals surface area contributed by atoms with Gasteiger partial charge in [0.15, 0.2) is 31.8 Å². The summed E-state index contributed by atoms with van der Waals surface area (Å²) in [5, 5.41) is 9.28. The number of rotatable bonds is 6. The fourth-order valence-electron chi connectivity index (χ4n) is 3.41. The first-order valence-corrected chi connectivity index (χ1v) is 19.6. The van der Waals surface area contributed by atoms with Gasteiger partial charge in [-0.3, -0.25) is 14.3 Å². The Morgan fingerprint density at radius 1 is 1.42 bits per heavy atom. The molecule has 0 saturated carbocycles.